The summed E-state index contributed by atoms with van der Waals surface area (Å²) in [6, 6.07) is 15.0. The van der Waals surface area contributed by atoms with E-state index in [2.05, 4.69) is 0 Å². The first kappa shape index (κ1) is 16.5. The highest BCUT2D eigenvalue weighted by Crippen LogP contribution is 2.36. The van der Waals surface area contributed by atoms with Gasteiger partial charge in [0.2, 0.25) is 0 Å². The van der Waals surface area contributed by atoms with Crippen LogP contribution in [0.1, 0.15) is 30.4 Å². The van der Waals surface area contributed by atoms with E-state index >= 15 is 0 Å². The molecule has 0 amide bonds. The number of aliphatic hydroxyl groups is 1. The fraction of sp³-hybridized carbons (Fsp3) is 0.368. The zero-order valence-electron chi connectivity index (χ0n) is 13.8. The zero-order chi connectivity index (χ0) is 17.2. The summed E-state index contributed by atoms with van der Waals surface area (Å²) in [4.78, 5) is 13.1. The Hall–Kier alpha value is -2.40. The van der Waals surface area contributed by atoms with Crippen molar-refractivity contribution in [2.24, 2.45) is 0 Å². The normalized spacial score (nSPS) is 21.3. The van der Waals surface area contributed by atoms with Gasteiger partial charge in [0.25, 0.3) is 5.69 Å². The van der Waals surface area contributed by atoms with Crippen molar-refractivity contribution in [2.75, 3.05) is 18.0 Å². The van der Waals surface area contributed by atoms with Gasteiger partial charge in [-0.25, -0.2) is 0 Å². The fourth-order valence-corrected chi connectivity index (χ4v) is 3.44. The third kappa shape index (κ3) is 3.26. The van der Waals surface area contributed by atoms with Crippen molar-refractivity contribution in [1.29, 1.82) is 0 Å². The van der Waals surface area contributed by atoms with Crippen molar-refractivity contribution in [3.8, 4) is 0 Å². The van der Waals surface area contributed by atoms with E-state index in [0.29, 0.717) is 31.6 Å². The molecular formula is C19H22N2O3. The lowest BCUT2D eigenvalue weighted by Gasteiger charge is -2.28. The maximum absolute atomic E-state index is 11.4. The first-order valence-corrected chi connectivity index (χ1v) is 8.27. The summed E-state index contributed by atoms with van der Waals surface area (Å²) < 4.78 is 0. The minimum Gasteiger partial charge on any atom is -0.385 e. The van der Waals surface area contributed by atoms with Crippen molar-refractivity contribution in [3.05, 3.63) is 69.8 Å². The van der Waals surface area contributed by atoms with Gasteiger partial charge in [-0.2, -0.15) is 0 Å². The molecule has 0 radical (unpaired) electrons. The van der Waals surface area contributed by atoms with Crippen LogP contribution in [0.15, 0.2) is 48.5 Å². The average Bonchev–Trinajstić information content (AvgIpc) is 2.78. The number of hydrogen-bond donors (Lipinski definition) is 1. The largest absolute Gasteiger partial charge is 0.385 e. The van der Waals surface area contributed by atoms with Crippen LogP contribution in [0, 0.1) is 17.0 Å². The van der Waals surface area contributed by atoms with Gasteiger partial charge in [-0.1, -0.05) is 36.4 Å². The van der Waals surface area contributed by atoms with E-state index in [1.807, 2.05) is 54.3 Å². The number of benzene rings is 2. The van der Waals surface area contributed by atoms with Crippen LogP contribution < -0.4 is 4.90 Å². The van der Waals surface area contributed by atoms with Gasteiger partial charge in [-0.15, -0.1) is 0 Å². The van der Waals surface area contributed by atoms with E-state index in [9.17, 15) is 15.2 Å². The molecule has 126 valence electrons. The molecule has 2 aromatic rings. The maximum atomic E-state index is 11.4. The van der Waals surface area contributed by atoms with Gasteiger partial charge >= 0.3 is 0 Å². The molecule has 1 aliphatic heterocycles. The Morgan fingerprint density at radius 2 is 1.88 bits per heavy atom. The molecule has 0 aromatic heterocycles. The van der Waals surface area contributed by atoms with Gasteiger partial charge in [-0.3, -0.25) is 10.1 Å². The van der Waals surface area contributed by atoms with Crippen molar-refractivity contribution in [3.63, 3.8) is 0 Å². The van der Waals surface area contributed by atoms with Crippen LogP contribution in [-0.4, -0.2) is 23.1 Å². The van der Waals surface area contributed by atoms with Gasteiger partial charge in [-0.05, 0) is 43.4 Å². The topological polar surface area (TPSA) is 66.6 Å². The Morgan fingerprint density at radius 3 is 2.58 bits per heavy atom. The minimum atomic E-state index is -0.866. The molecule has 1 N–H and O–H groups in total. The van der Waals surface area contributed by atoms with Crippen LogP contribution in [0.5, 0.6) is 0 Å². The lowest BCUT2D eigenvalue weighted by Crippen LogP contribution is -2.29. The third-order valence-corrected chi connectivity index (χ3v) is 4.79. The summed E-state index contributed by atoms with van der Waals surface area (Å²) >= 11 is 0. The van der Waals surface area contributed by atoms with Crippen LogP contribution in [0.4, 0.5) is 11.4 Å². The van der Waals surface area contributed by atoms with Crippen LogP contribution in [-0.2, 0) is 5.60 Å². The van der Waals surface area contributed by atoms with Gasteiger partial charge in [0.15, 0.2) is 0 Å². The molecule has 5 nitrogen and oxygen atoms in total. The molecule has 3 rings (SSSR count). The molecule has 1 atom stereocenters. The number of nitrogens with zero attached hydrogens (tertiary/aromatic N) is 2. The smallest absolute Gasteiger partial charge is 0.292 e. The quantitative estimate of drug-likeness (QED) is 0.688. The first-order valence-electron chi connectivity index (χ1n) is 8.27. The van der Waals surface area contributed by atoms with Crippen LogP contribution in [0.2, 0.25) is 0 Å². The van der Waals surface area contributed by atoms with Crippen LogP contribution >= 0.6 is 0 Å². The van der Waals surface area contributed by atoms with E-state index in [0.717, 1.165) is 17.5 Å². The molecule has 0 bridgehead atoms. The highest BCUT2D eigenvalue weighted by Gasteiger charge is 2.33. The lowest BCUT2D eigenvalue weighted by atomic mass is 9.87. The molecule has 1 heterocycles. The Morgan fingerprint density at radius 1 is 1.12 bits per heavy atom. The number of nitro benzene ring substituents is 1. The summed E-state index contributed by atoms with van der Waals surface area (Å²) in [7, 11) is 0. The van der Waals surface area contributed by atoms with Crippen molar-refractivity contribution in [1.82, 2.24) is 0 Å². The monoisotopic (exact) mass is 326 g/mol. The summed E-state index contributed by atoms with van der Waals surface area (Å²) in [5, 5.41) is 22.4. The van der Waals surface area contributed by atoms with Crippen molar-refractivity contribution in [2.45, 2.75) is 31.8 Å². The number of hydrogen-bond acceptors (Lipinski definition) is 4. The first-order chi connectivity index (χ1) is 11.5. The highest BCUT2D eigenvalue weighted by molar-refractivity contribution is 5.64. The SMILES string of the molecule is Cc1ccc(N2CCC[C@@](O)(c3ccccc3)CC2)c([N+](=O)[O-])c1. The van der Waals surface area contributed by atoms with Crippen LogP contribution in [0.25, 0.3) is 0 Å². The minimum absolute atomic E-state index is 0.139. The van der Waals surface area contributed by atoms with Crippen molar-refractivity contribution >= 4 is 11.4 Å². The third-order valence-electron chi connectivity index (χ3n) is 4.79. The van der Waals surface area contributed by atoms with Crippen molar-refractivity contribution < 1.29 is 10.0 Å². The average molecular weight is 326 g/mol. The predicted octanol–water partition coefficient (Wildman–Crippen LogP) is 3.78. The lowest BCUT2D eigenvalue weighted by molar-refractivity contribution is -0.384. The number of anilines is 1. The summed E-state index contributed by atoms with van der Waals surface area (Å²) in [5.74, 6) is 0. The van der Waals surface area contributed by atoms with Gasteiger partial charge < -0.3 is 10.0 Å². The van der Waals surface area contributed by atoms with Gasteiger partial charge in [0.1, 0.15) is 5.69 Å². The second-order valence-electron chi connectivity index (χ2n) is 6.49. The molecule has 0 saturated carbocycles. The Kier molecular flexibility index (Phi) is 4.53. The molecule has 0 unspecified atom stereocenters. The number of aryl methyl sites for hydroxylation is 1. The standard InChI is InChI=1S/C19H22N2O3/c1-15-8-9-17(18(14-15)21(23)24)20-12-5-10-19(22,11-13-20)16-6-3-2-4-7-16/h2-4,6-9,14,22H,5,10-13H2,1H3/t19-/m0/s1. The highest BCUT2D eigenvalue weighted by atomic mass is 16.6. The Labute approximate surface area is 141 Å². The molecule has 0 spiro atoms. The predicted molar refractivity (Wildman–Crippen MR) is 94.2 cm³/mol. The molecule has 1 fully saturated rings. The van der Waals surface area contributed by atoms with Gasteiger partial charge in [0.05, 0.1) is 10.5 Å². The molecule has 0 aliphatic carbocycles. The second kappa shape index (κ2) is 6.61. The molecule has 2 aromatic carbocycles. The van der Waals surface area contributed by atoms with E-state index in [-0.39, 0.29) is 10.6 Å². The molecule has 1 aliphatic rings. The summed E-state index contributed by atoms with van der Waals surface area (Å²) in [5.41, 5.74) is 1.71. The summed E-state index contributed by atoms with van der Waals surface area (Å²) in [6.45, 7) is 3.15. The number of rotatable bonds is 3. The van der Waals surface area contributed by atoms with Crippen LogP contribution in [0.3, 0.4) is 0 Å². The summed E-state index contributed by atoms with van der Waals surface area (Å²) in [6.07, 6.45) is 2.01. The van der Waals surface area contributed by atoms with Gasteiger partial charge in [0, 0.05) is 19.2 Å². The van der Waals surface area contributed by atoms with E-state index in [1.54, 1.807) is 6.07 Å². The second-order valence-corrected chi connectivity index (χ2v) is 6.49. The van der Waals surface area contributed by atoms with E-state index in [4.69, 9.17) is 0 Å². The molecule has 5 heteroatoms. The molecular weight excluding hydrogens is 304 g/mol. The Balaban J connectivity index is 1.85. The maximum Gasteiger partial charge on any atom is 0.292 e. The van der Waals surface area contributed by atoms with E-state index in [1.165, 1.54) is 0 Å². The zero-order valence-corrected chi connectivity index (χ0v) is 13.8. The number of nitro groups is 1. The molecule has 24 heavy (non-hydrogen) atoms. The van der Waals surface area contributed by atoms with E-state index < -0.39 is 5.60 Å². The molecule has 1 saturated heterocycles. The Bertz CT molecular complexity index is 733. The fourth-order valence-electron chi connectivity index (χ4n) is 3.44.